The van der Waals surface area contributed by atoms with Gasteiger partial charge in [-0.25, -0.2) is 4.98 Å². The standard InChI is InChI=1S/C9H9BrN4/c10-7-1-2-8(13-5-7)6-14-4-3-12-9(14)11/h1-5H,6H2,(H2,11,12). The molecule has 2 aromatic heterocycles. The lowest BCUT2D eigenvalue weighted by Gasteiger charge is -2.03. The smallest absolute Gasteiger partial charge is 0.200 e. The minimum Gasteiger partial charge on any atom is -0.369 e. The summed E-state index contributed by atoms with van der Waals surface area (Å²) in [5.41, 5.74) is 6.59. The molecule has 5 heteroatoms. The fraction of sp³-hybridized carbons (Fsp3) is 0.111. The molecule has 0 bridgehead atoms. The highest BCUT2D eigenvalue weighted by Gasteiger charge is 1.99. The Balaban J connectivity index is 2.19. The van der Waals surface area contributed by atoms with E-state index in [9.17, 15) is 0 Å². The molecule has 2 rings (SSSR count). The largest absolute Gasteiger partial charge is 0.369 e. The Hall–Kier alpha value is -1.36. The topological polar surface area (TPSA) is 56.7 Å². The number of hydrogen-bond donors (Lipinski definition) is 1. The number of nitrogens with zero attached hydrogens (tertiary/aromatic N) is 3. The van der Waals surface area contributed by atoms with Crippen LogP contribution in [-0.2, 0) is 6.54 Å². The quantitative estimate of drug-likeness (QED) is 0.885. The Labute approximate surface area is 89.9 Å². The second-order valence-corrected chi connectivity index (χ2v) is 3.80. The van der Waals surface area contributed by atoms with Crippen LogP contribution in [0.1, 0.15) is 5.69 Å². The predicted octanol–water partition coefficient (Wildman–Crippen LogP) is 1.67. The van der Waals surface area contributed by atoms with E-state index in [1.165, 1.54) is 0 Å². The van der Waals surface area contributed by atoms with Crippen LogP contribution in [0, 0.1) is 0 Å². The summed E-state index contributed by atoms with van der Waals surface area (Å²) in [6.07, 6.45) is 5.27. The van der Waals surface area contributed by atoms with E-state index >= 15 is 0 Å². The van der Waals surface area contributed by atoms with Crippen LogP contribution in [0.5, 0.6) is 0 Å². The van der Waals surface area contributed by atoms with Gasteiger partial charge in [0.1, 0.15) is 0 Å². The van der Waals surface area contributed by atoms with Crippen LogP contribution in [0.4, 0.5) is 5.95 Å². The molecule has 0 unspecified atom stereocenters. The molecule has 0 aliphatic heterocycles. The van der Waals surface area contributed by atoms with Gasteiger partial charge in [-0.2, -0.15) is 0 Å². The molecule has 4 nitrogen and oxygen atoms in total. The molecule has 0 atom stereocenters. The van der Waals surface area contributed by atoms with Crippen molar-refractivity contribution >= 4 is 21.9 Å². The van der Waals surface area contributed by atoms with Crippen molar-refractivity contribution in [1.82, 2.24) is 14.5 Å². The molecule has 0 spiro atoms. The first-order valence-corrected chi connectivity index (χ1v) is 4.92. The average Bonchev–Trinajstić information content (AvgIpc) is 2.56. The summed E-state index contributed by atoms with van der Waals surface area (Å²) in [5.74, 6) is 0.509. The highest BCUT2D eigenvalue weighted by atomic mass is 79.9. The number of halogens is 1. The van der Waals surface area contributed by atoms with Crippen LogP contribution in [0.15, 0.2) is 35.2 Å². The zero-order valence-corrected chi connectivity index (χ0v) is 8.98. The molecule has 0 fully saturated rings. The molecule has 0 saturated carbocycles. The van der Waals surface area contributed by atoms with Crippen molar-refractivity contribution in [2.45, 2.75) is 6.54 Å². The van der Waals surface area contributed by atoms with Crippen LogP contribution < -0.4 is 5.73 Å². The van der Waals surface area contributed by atoms with Crippen LogP contribution in [0.3, 0.4) is 0 Å². The number of hydrogen-bond acceptors (Lipinski definition) is 3. The van der Waals surface area contributed by atoms with Gasteiger partial charge in [-0.3, -0.25) is 4.98 Å². The van der Waals surface area contributed by atoms with Crippen LogP contribution >= 0.6 is 15.9 Å². The van der Waals surface area contributed by atoms with Gasteiger partial charge in [0.15, 0.2) is 5.95 Å². The summed E-state index contributed by atoms with van der Waals surface area (Å²) >= 11 is 3.33. The van der Waals surface area contributed by atoms with Gasteiger partial charge < -0.3 is 10.3 Å². The summed E-state index contributed by atoms with van der Waals surface area (Å²) in [4.78, 5) is 8.18. The van der Waals surface area contributed by atoms with E-state index in [4.69, 9.17) is 5.73 Å². The average molecular weight is 253 g/mol. The van der Waals surface area contributed by atoms with Crippen molar-refractivity contribution in [3.63, 3.8) is 0 Å². The first-order valence-electron chi connectivity index (χ1n) is 4.13. The molecule has 14 heavy (non-hydrogen) atoms. The molecule has 0 saturated heterocycles. The highest BCUT2D eigenvalue weighted by Crippen LogP contribution is 2.09. The lowest BCUT2D eigenvalue weighted by atomic mass is 10.3. The van der Waals surface area contributed by atoms with E-state index in [2.05, 4.69) is 25.9 Å². The van der Waals surface area contributed by atoms with Crippen LogP contribution in [0.2, 0.25) is 0 Å². The number of aromatic nitrogens is 3. The third kappa shape index (κ3) is 1.93. The minimum atomic E-state index is 0.509. The Morgan fingerprint density at radius 2 is 2.21 bits per heavy atom. The molecule has 2 N–H and O–H groups in total. The summed E-state index contributed by atoms with van der Waals surface area (Å²) in [7, 11) is 0. The summed E-state index contributed by atoms with van der Waals surface area (Å²) in [6.45, 7) is 0.652. The van der Waals surface area contributed by atoms with Gasteiger partial charge in [0, 0.05) is 23.1 Å². The molecule has 0 radical (unpaired) electrons. The molecule has 0 aliphatic carbocycles. The van der Waals surface area contributed by atoms with Gasteiger partial charge >= 0.3 is 0 Å². The Kier molecular flexibility index (Phi) is 2.49. The first-order chi connectivity index (χ1) is 6.75. The monoisotopic (exact) mass is 252 g/mol. The maximum Gasteiger partial charge on any atom is 0.200 e. The van der Waals surface area contributed by atoms with Crippen molar-refractivity contribution < 1.29 is 0 Å². The molecular formula is C9H9BrN4. The molecule has 72 valence electrons. The maximum absolute atomic E-state index is 5.63. The Morgan fingerprint density at radius 3 is 2.79 bits per heavy atom. The fourth-order valence-corrected chi connectivity index (χ4v) is 1.38. The second-order valence-electron chi connectivity index (χ2n) is 2.88. The van der Waals surface area contributed by atoms with Gasteiger partial charge in [0.25, 0.3) is 0 Å². The summed E-state index contributed by atoms with van der Waals surface area (Å²) in [5, 5.41) is 0. The van der Waals surface area contributed by atoms with E-state index in [1.54, 1.807) is 12.4 Å². The Bertz CT molecular complexity index is 421. The van der Waals surface area contributed by atoms with E-state index < -0.39 is 0 Å². The van der Waals surface area contributed by atoms with Gasteiger partial charge in [0.05, 0.1) is 12.2 Å². The number of anilines is 1. The first kappa shape index (κ1) is 9.21. The molecule has 2 heterocycles. The third-order valence-corrected chi connectivity index (χ3v) is 2.34. The second kappa shape index (κ2) is 3.79. The van der Waals surface area contributed by atoms with Crippen molar-refractivity contribution in [2.24, 2.45) is 0 Å². The zero-order valence-electron chi connectivity index (χ0n) is 7.39. The van der Waals surface area contributed by atoms with E-state index in [1.807, 2.05) is 22.9 Å². The number of rotatable bonds is 2. The SMILES string of the molecule is Nc1nccn1Cc1ccc(Br)cn1. The molecule has 0 aliphatic rings. The normalized spacial score (nSPS) is 10.4. The number of imidazole rings is 1. The van der Waals surface area contributed by atoms with Gasteiger partial charge in [-0.15, -0.1) is 0 Å². The van der Waals surface area contributed by atoms with E-state index in [0.717, 1.165) is 10.2 Å². The maximum atomic E-state index is 5.63. The molecular weight excluding hydrogens is 244 g/mol. The summed E-state index contributed by atoms with van der Waals surface area (Å²) < 4.78 is 2.82. The van der Waals surface area contributed by atoms with E-state index in [-0.39, 0.29) is 0 Å². The number of nitrogens with two attached hydrogens (primary N) is 1. The lowest BCUT2D eigenvalue weighted by molar-refractivity contribution is 0.784. The molecule has 0 amide bonds. The predicted molar refractivity (Wildman–Crippen MR) is 57.7 cm³/mol. The zero-order chi connectivity index (χ0) is 9.97. The summed E-state index contributed by atoms with van der Waals surface area (Å²) in [6, 6.07) is 3.90. The van der Waals surface area contributed by atoms with Crippen LogP contribution in [-0.4, -0.2) is 14.5 Å². The van der Waals surface area contributed by atoms with Crippen molar-refractivity contribution in [2.75, 3.05) is 5.73 Å². The van der Waals surface area contributed by atoms with Crippen LogP contribution in [0.25, 0.3) is 0 Å². The molecule has 0 aromatic carbocycles. The van der Waals surface area contributed by atoms with Gasteiger partial charge in [0.2, 0.25) is 0 Å². The third-order valence-electron chi connectivity index (χ3n) is 1.87. The molecule has 2 aromatic rings. The number of nitrogen functional groups attached to an aromatic ring is 1. The van der Waals surface area contributed by atoms with Crippen molar-refractivity contribution in [1.29, 1.82) is 0 Å². The van der Waals surface area contributed by atoms with Crippen molar-refractivity contribution in [3.05, 3.63) is 40.9 Å². The van der Waals surface area contributed by atoms with Crippen molar-refractivity contribution in [3.8, 4) is 0 Å². The fourth-order valence-electron chi connectivity index (χ4n) is 1.15. The highest BCUT2D eigenvalue weighted by molar-refractivity contribution is 9.10. The van der Waals surface area contributed by atoms with Gasteiger partial charge in [-0.05, 0) is 28.1 Å². The Morgan fingerprint density at radius 1 is 1.36 bits per heavy atom. The minimum absolute atomic E-state index is 0.509. The van der Waals surface area contributed by atoms with E-state index in [0.29, 0.717) is 12.5 Å². The van der Waals surface area contributed by atoms with Gasteiger partial charge in [-0.1, -0.05) is 0 Å². The lowest BCUT2D eigenvalue weighted by Crippen LogP contribution is -2.04. The number of pyridine rings is 1.